The van der Waals surface area contributed by atoms with Gasteiger partial charge in [0, 0.05) is 12.1 Å². The third-order valence-electron chi connectivity index (χ3n) is 4.34. The van der Waals surface area contributed by atoms with Crippen LogP contribution in [0, 0.1) is 11.8 Å². The highest BCUT2D eigenvalue weighted by molar-refractivity contribution is 4.82. The van der Waals surface area contributed by atoms with E-state index in [9.17, 15) is 0 Å². The summed E-state index contributed by atoms with van der Waals surface area (Å²) in [5, 5.41) is 3.87. The Balaban J connectivity index is 2.38. The van der Waals surface area contributed by atoms with Crippen molar-refractivity contribution in [3.63, 3.8) is 0 Å². The summed E-state index contributed by atoms with van der Waals surface area (Å²) in [5.74, 6) is 1.75. The van der Waals surface area contributed by atoms with Crippen LogP contribution in [0.1, 0.15) is 66.2 Å². The van der Waals surface area contributed by atoms with Gasteiger partial charge in [-0.25, -0.2) is 0 Å². The van der Waals surface area contributed by atoms with Crippen LogP contribution in [0.5, 0.6) is 0 Å². The minimum atomic E-state index is 0.700. The van der Waals surface area contributed by atoms with Gasteiger partial charge in [-0.1, -0.05) is 46.5 Å². The third-order valence-corrected chi connectivity index (χ3v) is 4.34. The highest BCUT2D eigenvalue weighted by Crippen LogP contribution is 2.25. The predicted molar refractivity (Wildman–Crippen MR) is 68.1 cm³/mol. The Labute approximate surface area is 96.0 Å². The Bertz CT molecular complexity index is 163. The van der Waals surface area contributed by atoms with Crippen LogP contribution < -0.4 is 5.32 Å². The topological polar surface area (TPSA) is 12.0 Å². The fraction of sp³-hybridized carbons (Fsp3) is 1.00. The van der Waals surface area contributed by atoms with Gasteiger partial charge in [0.05, 0.1) is 0 Å². The number of hydrogen-bond acceptors (Lipinski definition) is 1. The summed E-state index contributed by atoms with van der Waals surface area (Å²) < 4.78 is 0. The molecule has 0 aromatic heterocycles. The van der Waals surface area contributed by atoms with Gasteiger partial charge in [-0.3, -0.25) is 0 Å². The Morgan fingerprint density at radius 3 is 2.27 bits per heavy atom. The van der Waals surface area contributed by atoms with E-state index in [1.54, 1.807) is 0 Å². The van der Waals surface area contributed by atoms with Crippen molar-refractivity contribution in [1.29, 1.82) is 0 Å². The van der Waals surface area contributed by atoms with E-state index < -0.39 is 0 Å². The zero-order valence-electron chi connectivity index (χ0n) is 11.1. The molecule has 0 amide bonds. The monoisotopic (exact) mass is 211 g/mol. The Hall–Kier alpha value is -0.0400. The van der Waals surface area contributed by atoms with Crippen molar-refractivity contribution in [2.24, 2.45) is 11.8 Å². The van der Waals surface area contributed by atoms with Crippen LogP contribution in [-0.4, -0.2) is 12.1 Å². The van der Waals surface area contributed by atoms with Crippen molar-refractivity contribution in [3.8, 4) is 0 Å². The molecule has 1 nitrogen and oxygen atoms in total. The second-order valence-corrected chi connectivity index (χ2v) is 5.40. The van der Waals surface area contributed by atoms with Gasteiger partial charge in [0.2, 0.25) is 0 Å². The van der Waals surface area contributed by atoms with Crippen LogP contribution in [0.25, 0.3) is 0 Å². The first kappa shape index (κ1) is 13.0. The van der Waals surface area contributed by atoms with Crippen molar-refractivity contribution in [2.45, 2.75) is 78.3 Å². The number of rotatable bonds is 5. The van der Waals surface area contributed by atoms with Gasteiger partial charge < -0.3 is 5.32 Å². The van der Waals surface area contributed by atoms with Crippen molar-refractivity contribution in [1.82, 2.24) is 5.32 Å². The molecule has 3 unspecified atom stereocenters. The Morgan fingerprint density at radius 1 is 1.13 bits per heavy atom. The SMILES string of the molecule is CCC(CC)C(C)NC1CCCCC1C. The van der Waals surface area contributed by atoms with Crippen LogP contribution in [0.3, 0.4) is 0 Å². The Morgan fingerprint density at radius 2 is 1.73 bits per heavy atom. The Kier molecular flexibility index (Phi) is 5.66. The molecule has 1 heteroatoms. The standard InChI is InChI=1S/C14H29N/c1-5-13(6-2)12(4)15-14-10-8-7-9-11(14)3/h11-15H,5-10H2,1-4H3. The molecule has 1 aliphatic carbocycles. The normalized spacial score (nSPS) is 29.4. The number of hydrogen-bond donors (Lipinski definition) is 1. The van der Waals surface area contributed by atoms with E-state index >= 15 is 0 Å². The highest BCUT2D eigenvalue weighted by atomic mass is 15.0. The molecule has 1 saturated carbocycles. The number of nitrogens with one attached hydrogen (secondary N) is 1. The molecule has 1 fully saturated rings. The third kappa shape index (κ3) is 3.79. The van der Waals surface area contributed by atoms with Gasteiger partial charge in [0.25, 0.3) is 0 Å². The van der Waals surface area contributed by atoms with E-state index in [-0.39, 0.29) is 0 Å². The maximum atomic E-state index is 3.87. The first-order valence-electron chi connectivity index (χ1n) is 6.95. The summed E-state index contributed by atoms with van der Waals surface area (Å²) in [7, 11) is 0. The first-order chi connectivity index (χ1) is 7.19. The second kappa shape index (κ2) is 6.52. The van der Waals surface area contributed by atoms with Gasteiger partial charge >= 0.3 is 0 Å². The largest absolute Gasteiger partial charge is 0.311 e. The van der Waals surface area contributed by atoms with E-state index in [1.165, 1.54) is 38.5 Å². The molecule has 1 N–H and O–H groups in total. The molecule has 3 atom stereocenters. The molecule has 0 heterocycles. The van der Waals surface area contributed by atoms with E-state index in [0.29, 0.717) is 6.04 Å². The van der Waals surface area contributed by atoms with Crippen molar-refractivity contribution in [2.75, 3.05) is 0 Å². The molecule has 15 heavy (non-hydrogen) atoms. The smallest absolute Gasteiger partial charge is 0.00952 e. The van der Waals surface area contributed by atoms with Crippen LogP contribution in [-0.2, 0) is 0 Å². The fourth-order valence-electron chi connectivity index (χ4n) is 3.03. The summed E-state index contributed by atoms with van der Waals surface area (Å²) in [6.45, 7) is 9.42. The fourth-order valence-corrected chi connectivity index (χ4v) is 3.03. The van der Waals surface area contributed by atoms with E-state index in [2.05, 4.69) is 33.0 Å². The molecule has 1 rings (SSSR count). The lowest BCUT2D eigenvalue weighted by molar-refractivity contribution is 0.229. The van der Waals surface area contributed by atoms with Crippen molar-refractivity contribution in [3.05, 3.63) is 0 Å². The van der Waals surface area contributed by atoms with E-state index in [0.717, 1.165) is 17.9 Å². The average Bonchev–Trinajstić information content (AvgIpc) is 2.23. The minimum absolute atomic E-state index is 0.700. The lowest BCUT2D eigenvalue weighted by atomic mass is 9.84. The van der Waals surface area contributed by atoms with E-state index in [4.69, 9.17) is 0 Å². The zero-order chi connectivity index (χ0) is 11.3. The summed E-state index contributed by atoms with van der Waals surface area (Å²) in [6, 6.07) is 1.49. The van der Waals surface area contributed by atoms with Gasteiger partial charge in [-0.05, 0) is 31.6 Å². The molecule has 0 spiro atoms. The van der Waals surface area contributed by atoms with E-state index in [1.807, 2.05) is 0 Å². The van der Waals surface area contributed by atoms with Gasteiger partial charge in [0.15, 0.2) is 0 Å². The molecule has 90 valence electrons. The van der Waals surface area contributed by atoms with Crippen molar-refractivity contribution >= 4 is 0 Å². The van der Waals surface area contributed by atoms with Crippen LogP contribution in [0.2, 0.25) is 0 Å². The maximum Gasteiger partial charge on any atom is 0.00952 e. The molecular weight excluding hydrogens is 182 g/mol. The summed E-state index contributed by atoms with van der Waals surface area (Å²) in [6.07, 6.45) is 8.31. The van der Waals surface area contributed by atoms with Crippen LogP contribution in [0.15, 0.2) is 0 Å². The quantitative estimate of drug-likeness (QED) is 0.725. The average molecular weight is 211 g/mol. The molecule has 1 aliphatic rings. The van der Waals surface area contributed by atoms with Gasteiger partial charge in [-0.15, -0.1) is 0 Å². The molecule has 0 bridgehead atoms. The molecule has 0 radical (unpaired) electrons. The summed E-state index contributed by atoms with van der Waals surface area (Å²) in [5.41, 5.74) is 0. The van der Waals surface area contributed by atoms with Gasteiger partial charge in [-0.2, -0.15) is 0 Å². The molecule has 0 saturated heterocycles. The zero-order valence-corrected chi connectivity index (χ0v) is 11.1. The van der Waals surface area contributed by atoms with Crippen LogP contribution >= 0.6 is 0 Å². The molecular formula is C14H29N. The molecule has 0 aliphatic heterocycles. The summed E-state index contributed by atoms with van der Waals surface area (Å²) >= 11 is 0. The van der Waals surface area contributed by atoms with Crippen LogP contribution in [0.4, 0.5) is 0 Å². The predicted octanol–water partition coefficient (Wildman–Crippen LogP) is 3.98. The molecule has 0 aromatic rings. The van der Waals surface area contributed by atoms with Crippen molar-refractivity contribution < 1.29 is 0 Å². The minimum Gasteiger partial charge on any atom is -0.311 e. The maximum absolute atomic E-state index is 3.87. The first-order valence-corrected chi connectivity index (χ1v) is 6.95. The lowest BCUT2D eigenvalue weighted by Crippen LogP contribution is -2.45. The molecule has 0 aromatic carbocycles. The lowest BCUT2D eigenvalue weighted by Gasteiger charge is -2.34. The van der Waals surface area contributed by atoms with Gasteiger partial charge in [0.1, 0.15) is 0 Å². The summed E-state index contributed by atoms with van der Waals surface area (Å²) in [4.78, 5) is 0. The second-order valence-electron chi connectivity index (χ2n) is 5.40. The highest BCUT2D eigenvalue weighted by Gasteiger charge is 2.24.